The van der Waals surface area contributed by atoms with Crippen molar-refractivity contribution in [1.29, 1.82) is 0 Å². The summed E-state index contributed by atoms with van der Waals surface area (Å²) >= 11 is 0. The number of allylic oxidation sites excluding steroid dienone is 2. The van der Waals surface area contributed by atoms with Crippen molar-refractivity contribution in [3.05, 3.63) is 11.1 Å². The number of hydrogen-bond donors (Lipinski definition) is 0. The second kappa shape index (κ2) is 1.91. The average Bonchev–Trinajstić information content (AvgIpc) is 1.96. The van der Waals surface area contributed by atoms with Crippen molar-refractivity contribution < 1.29 is 0 Å². The highest BCUT2D eigenvalue weighted by Crippen LogP contribution is 2.82. The van der Waals surface area contributed by atoms with Crippen molar-refractivity contribution >= 4 is 7.26 Å². The molecule has 0 nitrogen and oxygen atoms in total. The molecule has 0 saturated carbocycles. The SMILES string of the molecule is CCC1=C2C[P+](C)(C)C2(C)C1. The normalized spacial score (nSPS) is 39.3. The fraction of sp³-hybridized carbons (Fsp3) is 0.800. The van der Waals surface area contributed by atoms with Crippen LogP contribution in [0.25, 0.3) is 0 Å². The fourth-order valence-corrected chi connectivity index (χ4v) is 5.61. The van der Waals surface area contributed by atoms with Crippen LogP contribution in [-0.2, 0) is 0 Å². The maximum Gasteiger partial charge on any atom is 0.105 e. The summed E-state index contributed by atoms with van der Waals surface area (Å²) in [6, 6.07) is 0. The highest BCUT2D eigenvalue weighted by molar-refractivity contribution is 7.78. The molecule has 1 aliphatic carbocycles. The van der Waals surface area contributed by atoms with Gasteiger partial charge in [-0.25, -0.2) is 0 Å². The molecule has 62 valence electrons. The third kappa shape index (κ3) is 0.699. The van der Waals surface area contributed by atoms with Gasteiger partial charge in [0.25, 0.3) is 0 Å². The van der Waals surface area contributed by atoms with E-state index in [1.807, 2.05) is 5.57 Å². The zero-order chi connectivity index (χ0) is 8.28. The van der Waals surface area contributed by atoms with Gasteiger partial charge in [-0.3, -0.25) is 0 Å². The van der Waals surface area contributed by atoms with Gasteiger partial charge in [0.15, 0.2) is 0 Å². The van der Waals surface area contributed by atoms with Crippen LogP contribution < -0.4 is 0 Å². The lowest BCUT2D eigenvalue weighted by atomic mass is 9.76. The van der Waals surface area contributed by atoms with Crippen molar-refractivity contribution in [2.45, 2.75) is 31.8 Å². The molecular weight excluding hydrogens is 151 g/mol. The molecule has 1 heteroatoms. The quantitative estimate of drug-likeness (QED) is 0.418. The van der Waals surface area contributed by atoms with Crippen LogP contribution in [0.5, 0.6) is 0 Å². The summed E-state index contributed by atoms with van der Waals surface area (Å²) in [6.45, 7) is 9.82. The first-order valence-electron chi connectivity index (χ1n) is 4.56. The lowest BCUT2D eigenvalue weighted by Gasteiger charge is -2.57. The molecule has 2 rings (SSSR count). The van der Waals surface area contributed by atoms with Crippen molar-refractivity contribution in [1.82, 2.24) is 0 Å². The number of hydrogen-bond acceptors (Lipinski definition) is 0. The van der Waals surface area contributed by atoms with Gasteiger partial charge in [-0.1, -0.05) is 12.5 Å². The molecule has 0 aromatic rings. The smallest absolute Gasteiger partial charge is 0.0616 e. The Hall–Kier alpha value is 0.170. The van der Waals surface area contributed by atoms with Crippen molar-refractivity contribution in [3.8, 4) is 0 Å². The Kier molecular flexibility index (Phi) is 1.35. The Labute approximate surface area is 70.4 Å². The molecular formula is C10H18P+. The Balaban J connectivity index is 2.27. The zero-order valence-electron chi connectivity index (χ0n) is 8.07. The average molecular weight is 169 g/mol. The summed E-state index contributed by atoms with van der Waals surface area (Å²) in [7, 11) is -0.497. The first kappa shape index (κ1) is 7.80. The van der Waals surface area contributed by atoms with Crippen LogP contribution in [0.2, 0.25) is 0 Å². The standard InChI is InChI=1S/C10H18P/c1-5-8-6-10(2)9(8)7-11(10,3)4/h5-7H2,1-4H3/q+1. The van der Waals surface area contributed by atoms with Crippen molar-refractivity contribution in [3.63, 3.8) is 0 Å². The van der Waals surface area contributed by atoms with E-state index >= 15 is 0 Å². The number of rotatable bonds is 1. The monoisotopic (exact) mass is 169 g/mol. The molecule has 11 heavy (non-hydrogen) atoms. The zero-order valence-corrected chi connectivity index (χ0v) is 8.96. The highest BCUT2D eigenvalue weighted by atomic mass is 31.2. The lowest BCUT2D eigenvalue weighted by molar-refractivity contribution is 0.564. The molecule has 0 aromatic heterocycles. The van der Waals surface area contributed by atoms with Gasteiger partial charge >= 0.3 is 0 Å². The van der Waals surface area contributed by atoms with E-state index < -0.39 is 7.26 Å². The van der Waals surface area contributed by atoms with E-state index in [9.17, 15) is 0 Å². The van der Waals surface area contributed by atoms with Gasteiger partial charge in [0, 0.05) is 32.6 Å². The molecule has 1 fully saturated rings. The largest absolute Gasteiger partial charge is 0.105 e. The van der Waals surface area contributed by atoms with Crippen LogP contribution in [0.4, 0.5) is 0 Å². The van der Waals surface area contributed by atoms with Gasteiger partial charge in [0.05, 0.1) is 6.16 Å². The van der Waals surface area contributed by atoms with E-state index in [0.29, 0.717) is 0 Å². The van der Waals surface area contributed by atoms with Gasteiger partial charge in [0.2, 0.25) is 0 Å². The van der Waals surface area contributed by atoms with Crippen molar-refractivity contribution in [2.24, 2.45) is 0 Å². The van der Waals surface area contributed by atoms with Gasteiger partial charge in [-0.15, -0.1) is 0 Å². The summed E-state index contributed by atoms with van der Waals surface area (Å²) in [5.74, 6) is 0. The van der Waals surface area contributed by atoms with Gasteiger partial charge in [0.1, 0.15) is 5.16 Å². The predicted octanol–water partition coefficient (Wildman–Crippen LogP) is 3.15. The topological polar surface area (TPSA) is 0 Å². The van der Waals surface area contributed by atoms with Crippen LogP contribution in [0.15, 0.2) is 11.1 Å². The molecule has 1 saturated heterocycles. The predicted molar refractivity (Wildman–Crippen MR) is 54.0 cm³/mol. The van der Waals surface area contributed by atoms with E-state index in [0.717, 1.165) is 5.16 Å². The summed E-state index contributed by atoms with van der Waals surface area (Å²) in [4.78, 5) is 0. The second-order valence-corrected chi connectivity index (χ2v) is 9.40. The summed E-state index contributed by atoms with van der Waals surface area (Å²) in [6.07, 6.45) is 4.22. The first-order valence-corrected chi connectivity index (χ1v) is 7.42. The molecule has 1 heterocycles. The third-order valence-corrected chi connectivity index (χ3v) is 8.16. The van der Waals surface area contributed by atoms with Crippen LogP contribution in [0, 0.1) is 0 Å². The van der Waals surface area contributed by atoms with Gasteiger partial charge in [-0.05, 0) is 13.3 Å². The molecule has 0 spiro atoms. The van der Waals surface area contributed by atoms with E-state index in [-0.39, 0.29) is 0 Å². The number of fused-ring (bicyclic) bond motifs is 1. The molecule has 1 atom stereocenters. The maximum atomic E-state index is 2.52. The molecule has 2 aliphatic rings. The highest BCUT2D eigenvalue weighted by Gasteiger charge is 2.66. The first-order chi connectivity index (χ1) is 5.01. The van der Waals surface area contributed by atoms with E-state index in [2.05, 4.69) is 27.2 Å². The minimum absolute atomic E-state index is 0.497. The summed E-state index contributed by atoms with van der Waals surface area (Å²) in [5.41, 5.74) is 3.63. The van der Waals surface area contributed by atoms with Gasteiger partial charge < -0.3 is 0 Å². The van der Waals surface area contributed by atoms with Crippen LogP contribution in [0.3, 0.4) is 0 Å². The summed E-state index contributed by atoms with van der Waals surface area (Å²) < 4.78 is 0. The Morgan fingerprint density at radius 2 is 2.09 bits per heavy atom. The van der Waals surface area contributed by atoms with Crippen molar-refractivity contribution in [2.75, 3.05) is 19.5 Å². The van der Waals surface area contributed by atoms with Crippen LogP contribution in [-0.4, -0.2) is 24.6 Å². The Morgan fingerprint density at radius 3 is 2.36 bits per heavy atom. The molecule has 0 bridgehead atoms. The fourth-order valence-electron chi connectivity index (χ4n) is 2.58. The van der Waals surface area contributed by atoms with E-state index in [1.54, 1.807) is 5.57 Å². The lowest BCUT2D eigenvalue weighted by Crippen LogP contribution is -2.50. The van der Waals surface area contributed by atoms with E-state index in [1.165, 1.54) is 19.0 Å². The Morgan fingerprint density at radius 1 is 1.45 bits per heavy atom. The van der Waals surface area contributed by atoms with E-state index in [4.69, 9.17) is 0 Å². The van der Waals surface area contributed by atoms with Gasteiger partial charge in [-0.2, -0.15) is 0 Å². The molecule has 0 aromatic carbocycles. The Bertz CT molecular complexity index is 237. The molecule has 0 amide bonds. The molecule has 1 aliphatic heterocycles. The molecule has 0 N–H and O–H groups in total. The van der Waals surface area contributed by atoms with Crippen LogP contribution >= 0.6 is 7.26 Å². The third-order valence-electron chi connectivity index (χ3n) is 3.95. The molecule has 1 unspecified atom stereocenters. The minimum atomic E-state index is -0.497. The van der Waals surface area contributed by atoms with Crippen LogP contribution in [0.1, 0.15) is 26.7 Å². The second-order valence-electron chi connectivity index (χ2n) is 4.73. The molecule has 0 radical (unpaired) electrons. The minimum Gasteiger partial charge on any atom is -0.0616 e. The summed E-state index contributed by atoms with van der Waals surface area (Å²) in [5, 5.41) is 0.721. The maximum absolute atomic E-state index is 2.52.